The number of aromatic amines is 1. The lowest BCUT2D eigenvalue weighted by Crippen LogP contribution is -2.36. The molecule has 1 saturated heterocycles. The van der Waals surface area contributed by atoms with Gasteiger partial charge in [0.25, 0.3) is 5.91 Å². The lowest BCUT2D eigenvalue weighted by molar-refractivity contribution is -0.134. The molecule has 138 valence electrons. The van der Waals surface area contributed by atoms with Gasteiger partial charge in [-0.2, -0.15) is 5.10 Å². The van der Waals surface area contributed by atoms with Gasteiger partial charge in [-0.15, -0.1) is 0 Å². The minimum Gasteiger partial charge on any atom is -0.484 e. The maximum absolute atomic E-state index is 12.8. The Kier molecular flexibility index (Phi) is 4.63. The molecule has 1 aliphatic carbocycles. The van der Waals surface area contributed by atoms with Crippen LogP contribution in [-0.2, 0) is 9.53 Å². The van der Waals surface area contributed by atoms with Crippen molar-refractivity contribution >= 4 is 5.91 Å². The topological polar surface area (TPSA) is 80.3 Å². The summed E-state index contributed by atoms with van der Waals surface area (Å²) in [6.07, 6.45) is 3.01. The fraction of sp³-hybridized carbons (Fsp3) is 0.526. The van der Waals surface area contributed by atoms with Gasteiger partial charge in [-0.1, -0.05) is 12.1 Å². The molecule has 1 N–H and O–H groups in total. The highest BCUT2D eigenvalue weighted by Gasteiger charge is 2.39. The van der Waals surface area contributed by atoms with Crippen molar-refractivity contribution in [3.63, 3.8) is 0 Å². The van der Waals surface area contributed by atoms with Crippen molar-refractivity contribution in [3.05, 3.63) is 41.5 Å². The standard InChI is InChI=1S/C19H24N4O3/c1-12-4-3-5-14(8-12)26-11-17(24)23-10-15(25-2)9-16(23)19-20-18(21-22-19)13-6-7-13/h3-5,8,13,15-16H,6-7,9-11H2,1-2H3,(H,20,21,22)/t15-,16+/m1/s1. The van der Waals surface area contributed by atoms with E-state index in [9.17, 15) is 4.79 Å². The summed E-state index contributed by atoms with van der Waals surface area (Å²) in [5.41, 5.74) is 1.10. The van der Waals surface area contributed by atoms with Crippen LogP contribution in [0.5, 0.6) is 5.75 Å². The number of likely N-dealkylation sites (tertiary alicyclic amines) is 1. The first-order valence-corrected chi connectivity index (χ1v) is 9.08. The molecule has 4 rings (SSSR count). The van der Waals surface area contributed by atoms with Gasteiger partial charge in [0.1, 0.15) is 11.6 Å². The average molecular weight is 356 g/mol. The summed E-state index contributed by atoms with van der Waals surface area (Å²) in [5.74, 6) is 2.72. The maximum Gasteiger partial charge on any atom is 0.261 e. The highest BCUT2D eigenvalue weighted by molar-refractivity contribution is 5.78. The summed E-state index contributed by atoms with van der Waals surface area (Å²) >= 11 is 0. The predicted octanol–water partition coefficient (Wildman–Crippen LogP) is 2.36. The number of carbonyl (C=O) groups is 1. The lowest BCUT2D eigenvalue weighted by atomic mass is 10.2. The Balaban J connectivity index is 1.45. The number of nitrogens with zero attached hydrogens (tertiary/aromatic N) is 3. The van der Waals surface area contributed by atoms with Crippen LogP contribution in [0.1, 0.15) is 48.4 Å². The van der Waals surface area contributed by atoms with E-state index in [-0.39, 0.29) is 24.7 Å². The van der Waals surface area contributed by atoms with Gasteiger partial charge < -0.3 is 14.4 Å². The number of carbonyl (C=O) groups excluding carboxylic acids is 1. The molecule has 0 bridgehead atoms. The predicted molar refractivity (Wildman–Crippen MR) is 94.9 cm³/mol. The van der Waals surface area contributed by atoms with Gasteiger partial charge in [-0.3, -0.25) is 9.89 Å². The highest BCUT2D eigenvalue weighted by Crippen LogP contribution is 2.39. The zero-order chi connectivity index (χ0) is 18.1. The van der Waals surface area contributed by atoms with Gasteiger partial charge in [-0.05, 0) is 37.5 Å². The SMILES string of the molecule is CO[C@@H]1C[C@@H](c2nc(C3CC3)n[nH]2)N(C(=O)COc2cccc(C)c2)C1. The van der Waals surface area contributed by atoms with Crippen molar-refractivity contribution in [2.45, 2.75) is 44.2 Å². The molecule has 0 unspecified atom stereocenters. The van der Waals surface area contributed by atoms with Crippen LogP contribution in [0.25, 0.3) is 0 Å². The first-order chi connectivity index (χ1) is 12.6. The van der Waals surface area contributed by atoms with E-state index in [1.807, 2.05) is 31.2 Å². The molecular formula is C19H24N4O3. The van der Waals surface area contributed by atoms with Crippen molar-refractivity contribution < 1.29 is 14.3 Å². The quantitative estimate of drug-likeness (QED) is 0.859. The van der Waals surface area contributed by atoms with E-state index in [0.717, 1.165) is 30.1 Å². The Hall–Kier alpha value is -2.41. The molecule has 0 radical (unpaired) electrons. The van der Waals surface area contributed by atoms with E-state index in [4.69, 9.17) is 9.47 Å². The molecule has 1 aromatic heterocycles. The summed E-state index contributed by atoms with van der Waals surface area (Å²) in [6.45, 7) is 2.53. The Morgan fingerprint density at radius 1 is 1.38 bits per heavy atom. The number of aromatic nitrogens is 3. The molecule has 1 aliphatic heterocycles. The zero-order valence-electron chi connectivity index (χ0n) is 15.1. The van der Waals surface area contributed by atoms with Gasteiger partial charge in [-0.25, -0.2) is 4.98 Å². The molecule has 2 aromatic rings. The van der Waals surface area contributed by atoms with Crippen molar-refractivity contribution in [3.8, 4) is 5.75 Å². The second kappa shape index (κ2) is 7.07. The van der Waals surface area contributed by atoms with Crippen LogP contribution in [0.2, 0.25) is 0 Å². The average Bonchev–Trinajstić information content (AvgIpc) is 3.21. The third-order valence-corrected chi connectivity index (χ3v) is 5.05. The molecule has 2 fully saturated rings. The summed E-state index contributed by atoms with van der Waals surface area (Å²) in [6, 6.07) is 7.55. The van der Waals surface area contributed by atoms with Gasteiger partial charge in [0.15, 0.2) is 12.4 Å². The Bertz CT molecular complexity index is 787. The van der Waals surface area contributed by atoms with E-state index in [1.165, 1.54) is 0 Å². The van der Waals surface area contributed by atoms with Crippen molar-refractivity contribution in [2.24, 2.45) is 0 Å². The summed E-state index contributed by atoms with van der Waals surface area (Å²) < 4.78 is 11.2. The number of methoxy groups -OCH3 is 1. The third-order valence-electron chi connectivity index (χ3n) is 5.05. The first kappa shape index (κ1) is 17.0. The number of amides is 1. The van der Waals surface area contributed by atoms with E-state index in [2.05, 4.69) is 15.2 Å². The van der Waals surface area contributed by atoms with Crippen molar-refractivity contribution in [1.82, 2.24) is 20.1 Å². The number of hydrogen-bond acceptors (Lipinski definition) is 5. The largest absolute Gasteiger partial charge is 0.484 e. The van der Waals surface area contributed by atoms with Crippen LogP contribution in [0, 0.1) is 6.92 Å². The molecule has 7 heteroatoms. The van der Waals surface area contributed by atoms with Crippen molar-refractivity contribution in [2.75, 3.05) is 20.3 Å². The molecule has 2 atom stereocenters. The van der Waals surface area contributed by atoms with Crippen molar-refractivity contribution in [1.29, 1.82) is 0 Å². The van der Waals surface area contributed by atoms with Crippen LogP contribution in [0.15, 0.2) is 24.3 Å². The number of benzene rings is 1. The summed E-state index contributed by atoms with van der Waals surface area (Å²) in [7, 11) is 1.68. The lowest BCUT2D eigenvalue weighted by Gasteiger charge is -2.22. The Morgan fingerprint density at radius 2 is 2.23 bits per heavy atom. The Morgan fingerprint density at radius 3 is 2.96 bits per heavy atom. The number of ether oxygens (including phenoxy) is 2. The van der Waals surface area contributed by atoms with E-state index < -0.39 is 0 Å². The monoisotopic (exact) mass is 356 g/mol. The molecular weight excluding hydrogens is 332 g/mol. The van der Waals surface area contributed by atoms with Crippen LogP contribution in [0.4, 0.5) is 0 Å². The van der Waals surface area contributed by atoms with Gasteiger partial charge in [0.2, 0.25) is 0 Å². The number of hydrogen-bond donors (Lipinski definition) is 1. The molecule has 7 nitrogen and oxygen atoms in total. The highest BCUT2D eigenvalue weighted by atomic mass is 16.5. The van der Waals surface area contributed by atoms with Crippen LogP contribution >= 0.6 is 0 Å². The van der Waals surface area contributed by atoms with E-state index >= 15 is 0 Å². The number of aryl methyl sites for hydroxylation is 1. The molecule has 1 saturated carbocycles. The summed E-state index contributed by atoms with van der Waals surface area (Å²) in [4.78, 5) is 19.2. The van der Waals surface area contributed by atoms with Gasteiger partial charge in [0, 0.05) is 26.0 Å². The van der Waals surface area contributed by atoms with E-state index in [1.54, 1.807) is 12.0 Å². The number of nitrogens with one attached hydrogen (secondary N) is 1. The van der Waals surface area contributed by atoms with E-state index in [0.29, 0.717) is 24.6 Å². The minimum absolute atomic E-state index is 0.00000685. The fourth-order valence-corrected chi connectivity index (χ4v) is 3.40. The second-order valence-corrected chi connectivity index (χ2v) is 7.11. The normalized spacial score (nSPS) is 22.6. The molecule has 0 spiro atoms. The number of rotatable bonds is 6. The number of H-pyrrole nitrogens is 1. The Labute approximate surface area is 152 Å². The molecule has 1 aromatic carbocycles. The van der Waals surface area contributed by atoms with Gasteiger partial charge >= 0.3 is 0 Å². The molecule has 2 aliphatic rings. The minimum atomic E-state index is -0.145. The van der Waals surface area contributed by atoms with Gasteiger partial charge in [0.05, 0.1) is 12.1 Å². The third kappa shape index (κ3) is 3.58. The maximum atomic E-state index is 12.8. The summed E-state index contributed by atoms with van der Waals surface area (Å²) in [5, 5.41) is 7.35. The van der Waals surface area contributed by atoms with Crippen LogP contribution < -0.4 is 4.74 Å². The zero-order valence-corrected chi connectivity index (χ0v) is 15.1. The molecule has 2 heterocycles. The molecule has 1 amide bonds. The molecule has 26 heavy (non-hydrogen) atoms. The first-order valence-electron chi connectivity index (χ1n) is 9.08. The fourth-order valence-electron chi connectivity index (χ4n) is 3.40. The smallest absolute Gasteiger partial charge is 0.261 e. The van der Waals surface area contributed by atoms with Crippen LogP contribution in [-0.4, -0.2) is 52.4 Å². The second-order valence-electron chi connectivity index (χ2n) is 7.11. The van der Waals surface area contributed by atoms with Crippen LogP contribution in [0.3, 0.4) is 0 Å².